The average molecular weight is 299 g/mol. The van der Waals surface area contributed by atoms with Crippen molar-refractivity contribution in [3.05, 3.63) is 28.8 Å². The largest absolute Gasteiger partial charge is 0.320 e. The van der Waals surface area contributed by atoms with E-state index in [1.165, 1.54) is 10.4 Å². The van der Waals surface area contributed by atoms with E-state index in [9.17, 15) is 8.42 Å². The van der Waals surface area contributed by atoms with Gasteiger partial charge in [-0.25, -0.2) is 8.42 Å². The van der Waals surface area contributed by atoms with Crippen LogP contribution in [0, 0.1) is 11.8 Å². The van der Waals surface area contributed by atoms with Gasteiger partial charge in [-0.2, -0.15) is 4.31 Å². The maximum Gasteiger partial charge on any atom is 0.244 e. The quantitative estimate of drug-likeness (QED) is 0.859. The molecule has 6 heteroatoms. The molecule has 2 rings (SSSR count). The third-order valence-electron chi connectivity index (χ3n) is 2.98. The molecule has 0 spiro atoms. The molecule has 0 atom stereocenters. The predicted molar refractivity (Wildman–Crippen MR) is 75.4 cm³/mol. The number of sulfonamides is 1. The van der Waals surface area contributed by atoms with E-state index in [1.807, 2.05) is 0 Å². The first-order chi connectivity index (χ1) is 8.96. The molecule has 1 aromatic carbocycles. The number of halogens is 1. The fourth-order valence-electron chi connectivity index (χ4n) is 1.73. The van der Waals surface area contributed by atoms with Crippen LogP contribution in [-0.4, -0.2) is 32.4 Å². The molecule has 1 aromatic rings. The highest BCUT2D eigenvalue weighted by molar-refractivity contribution is 7.89. The summed E-state index contributed by atoms with van der Waals surface area (Å²) in [5, 5.41) is 0.191. The first-order valence-electron chi connectivity index (χ1n) is 5.93. The molecule has 0 heterocycles. The molecule has 0 radical (unpaired) electrons. The second-order valence-electron chi connectivity index (χ2n) is 4.40. The Bertz CT molecular complexity index is 642. The lowest BCUT2D eigenvalue weighted by molar-refractivity contribution is 0.464. The zero-order chi connectivity index (χ0) is 14.0. The van der Waals surface area contributed by atoms with Crippen molar-refractivity contribution in [3.8, 4) is 11.8 Å². The van der Waals surface area contributed by atoms with E-state index >= 15 is 0 Å². The van der Waals surface area contributed by atoms with Crippen molar-refractivity contribution in [1.82, 2.24) is 4.31 Å². The predicted octanol–water partition coefficient (Wildman–Crippen LogP) is 1.43. The van der Waals surface area contributed by atoms with Gasteiger partial charge in [0.1, 0.15) is 4.90 Å². The number of hydrogen-bond acceptors (Lipinski definition) is 3. The van der Waals surface area contributed by atoms with Crippen molar-refractivity contribution < 1.29 is 8.42 Å². The molecule has 102 valence electrons. The highest BCUT2D eigenvalue weighted by atomic mass is 35.5. The zero-order valence-electron chi connectivity index (χ0n) is 10.6. The number of nitrogens with zero attached hydrogens (tertiary/aromatic N) is 1. The Kier molecular flexibility index (Phi) is 4.16. The van der Waals surface area contributed by atoms with Gasteiger partial charge in [0.2, 0.25) is 10.0 Å². The minimum Gasteiger partial charge on any atom is -0.320 e. The van der Waals surface area contributed by atoms with Crippen LogP contribution in [0.5, 0.6) is 0 Å². The van der Waals surface area contributed by atoms with Crippen LogP contribution in [0.3, 0.4) is 0 Å². The molecule has 0 saturated heterocycles. The SMILES string of the molecule is CN(C1CC1)S(=O)(=O)c1ccc(C#CCN)cc1Cl. The molecule has 4 nitrogen and oxygen atoms in total. The van der Waals surface area contributed by atoms with Crippen LogP contribution >= 0.6 is 11.6 Å². The second-order valence-corrected chi connectivity index (χ2v) is 6.78. The van der Waals surface area contributed by atoms with E-state index < -0.39 is 10.0 Å². The summed E-state index contributed by atoms with van der Waals surface area (Å²) in [4.78, 5) is 0.127. The van der Waals surface area contributed by atoms with Crippen molar-refractivity contribution in [1.29, 1.82) is 0 Å². The Morgan fingerprint density at radius 2 is 2.16 bits per heavy atom. The van der Waals surface area contributed by atoms with E-state index in [4.69, 9.17) is 17.3 Å². The van der Waals surface area contributed by atoms with Crippen LogP contribution < -0.4 is 5.73 Å². The van der Waals surface area contributed by atoms with Gasteiger partial charge in [-0.1, -0.05) is 23.4 Å². The number of rotatable bonds is 3. The van der Waals surface area contributed by atoms with Gasteiger partial charge in [0.15, 0.2) is 0 Å². The molecule has 0 unspecified atom stereocenters. The van der Waals surface area contributed by atoms with Crippen molar-refractivity contribution in [2.24, 2.45) is 5.73 Å². The second kappa shape index (κ2) is 5.51. The van der Waals surface area contributed by atoms with Crippen LogP contribution in [0.4, 0.5) is 0 Å². The smallest absolute Gasteiger partial charge is 0.244 e. The van der Waals surface area contributed by atoms with E-state index in [1.54, 1.807) is 19.2 Å². The molecule has 0 aromatic heterocycles. The molecule has 0 bridgehead atoms. The molecule has 1 saturated carbocycles. The molecule has 1 fully saturated rings. The van der Waals surface area contributed by atoms with Gasteiger partial charge < -0.3 is 5.73 Å². The third-order valence-corrected chi connectivity index (χ3v) is 5.38. The van der Waals surface area contributed by atoms with Crippen LogP contribution in [0.15, 0.2) is 23.1 Å². The normalized spacial score (nSPS) is 15.2. The van der Waals surface area contributed by atoms with Crippen molar-refractivity contribution in [2.75, 3.05) is 13.6 Å². The van der Waals surface area contributed by atoms with Gasteiger partial charge in [-0.15, -0.1) is 0 Å². The molecule has 19 heavy (non-hydrogen) atoms. The summed E-state index contributed by atoms with van der Waals surface area (Å²) >= 11 is 6.06. The molecular weight excluding hydrogens is 284 g/mol. The molecule has 1 aliphatic carbocycles. The number of hydrogen-bond donors (Lipinski definition) is 1. The lowest BCUT2D eigenvalue weighted by Gasteiger charge is -2.17. The fraction of sp³-hybridized carbons (Fsp3) is 0.385. The van der Waals surface area contributed by atoms with Gasteiger partial charge >= 0.3 is 0 Å². The van der Waals surface area contributed by atoms with E-state index in [0.29, 0.717) is 5.56 Å². The first kappa shape index (κ1) is 14.4. The van der Waals surface area contributed by atoms with E-state index in [2.05, 4.69) is 11.8 Å². The van der Waals surface area contributed by atoms with Gasteiger partial charge in [0, 0.05) is 18.7 Å². The number of benzene rings is 1. The molecule has 0 amide bonds. The van der Waals surface area contributed by atoms with Gasteiger partial charge in [-0.3, -0.25) is 0 Å². The third kappa shape index (κ3) is 3.10. The molecule has 1 aliphatic rings. The van der Waals surface area contributed by atoms with Crippen LogP contribution in [-0.2, 0) is 10.0 Å². The molecule has 2 N–H and O–H groups in total. The highest BCUT2D eigenvalue weighted by Crippen LogP contribution is 2.33. The Labute approximate surface area is 118 Å². The topological polar surface area (TPSA) is 63.4 Å². The summed E-state index contributed by atoms with van der Waals surface area (Å²) in [6, 6.07) is 4.80. The van der Waals surface area contributed by atoms with Gasteiger partial charge in [0.05, 0.1) is 11.6 Å². The minimum atomic E-state index is -3.52. The lowest BCUT2D eigenvalue weighted by Crippen LogP contribution is -2.29. The Morgan fingerprint density at radius 1 is 1.47 bits per heavy atom. The maximum atomic E-state index is 12.3. The summed E-state index contributed by atoms with van der Waals surface area (Å²) < 4.78 is 26.1. The Morgan fingerprint density at radius 3 is 2.68 bits per heavy atom. The maximum absolute atomic E-state index is 12.3. The van der Waals surface area contributed by atoms with E-state index in [0.717, 1.165) is 12.8 Å². The summed E-state index contributed by atoms with van der Waals surface area (Å²) in [6.07, 6.45) is 1.82. The van der Waals surface area contributed by atoms with E-state index in [-0.39, 0.29) is 22.5 Å². The summed E-state index contributed by atoms with van der Waals surface area (Å²) in [5.74, 6) is 5.52. The standard InChI is InChI=1S/C13H15ClN2O2S/c1-16(11-5-6-11)19(17,18)13-7-4-10(3-2-8-15)9-12(13)14/h4,7,9,11H,5-6,8,15H2,1H3. The zero-order valence-corrected chi connectivity index (χ0v) is 12.1. The summed E-state index contributed by atoms with van der Waals surface area (Å²) in [5.41, 5.74) is 5.94. The minimum absolute atomic E-state index is 0.109. The lowest BCUT2D eigenvalue weighted by atomic mass is 10.2. The van der Waals surface area contributed by atoms with Gasteiger partial charge in [-0.05, 0) is 31.0 Å². The van der Waals surface area contributed by atoms with Crippen molar-refractivity contribution in [2.45, 2.75) is 23.8 Å². The van der Waals surface area contributed by atoms with Crippen LogP contribution in [0.1, 0.15) is 18.4 Å². The first-order valence-corrected chi connectivity index (χ1v) is 7.75. The molecular formula is C13H15ClN2O2S. The monoisotopic (exact) mass is 298 g/mol. The van der Waals surface area contributed by atoms with Crippen molar-refractivity contribution >= 4 is 21.6 Å². The highest BCUT2D eigenvalue weighted by Gasteiger charge is 2.35. The molecule has 0 aliphatic heterocycles. The Balaban J connectivity index is 2.35. The van der Waals surface area contributed by atoms with Crippen LogP contribution in [0.25, 0.3) is 0 Å². The average Bonchev–Trinajstić information content (AvgIpc) is 3.19. The number of nitrogens with two attached hydrogens (primary N) is 1. The summed E-state index contributed by atoms with van der Waals surface area (Å²) in [7, 11) is -1.93. The van der Waals surface area contributed by atoms with Gasteiger partial charge in [0.25, 0.3) is 0 Å². The van der Waals surface area contributed by atoms with Crippen LogP contribution in [0.2, 0.25) is 5.02 Å². The fourth-order valence-corrected chi connectivity index (χ4v) is 3.66. The Hall–Kier alpha value is -1.06. The van der Waals surface area contributed by atoms with Crippen molar-refractivity contribution in [3.63, 3.8) is 0 Å². The summed E-state index contributed by atoms with van der Waals surface area (Å²) in [6.45, 7) is 0.252.